The molecule has 0 radical (unpaired) electrons. The van der Waals surface area contributed by atoms with Crippen molar-refractivity contribution in [3.05, 3.63) is 29.8 Å². The Morgan fingerprint density at radius 1 is 1.29 bits per heavy atom. The average Bonchev–Trinajstić information content (AvgIpc) is 2.34. The van der Waals surface area contributed by atoms with Crippen LogP contribution in [0.15, 0.2) is 24.3 Å². The highest BCUT2D eigenvalue weighted by Gasteiger charge is 2.21. The summed E-state index contributed by atoms with van der Waals surface area (Å²) in [5.41, 5.74) is 6.22. The molecule has 5 N–H and O–H groups in total. The van der Waals surface area contributed by atoms with Crippen molar-refractivity contribution in [1.29, 1.82) is 0 Å². The first kappa shape index (κ1) is 16.5. The van der Waals surface area contributed by atoms with Gasteiger partial charge in [0.05, 0.1) is 6.42 Å². The summed E-state index contributed by atoms with van der Waals surface area (Å²) in [5.74, 6) is -1.70. The number of nitrogens with two attached hydrogens (primary N) is 1. The second kappa shape index (κ2) is 7.28. The highest BCUT2D eigenvalue weighted by Crippen LogP contribution is 2.11. The predicted octanol–water partition coefficient (Wildman–Crippen LogP) is 0.945. The summed E-state index contributed by atoms with van der Waals surface area (Å²) < 4.78 is 0. The van der Waals surface area contributed by atoms with Crippen LogP contribution in [-0.2, 0) is 16.0 Å². The predicted molar refractivity (Wildman–Crippen MR) is 77.8 cm³/mol. The SMILES string of the molecule is CC(C)C(NC(=O)Nc1cccc(CC(=O)O)c1)C(N)=O. The second-order valence-electron chi connectivity index (χ2n) is 4.99. The van der Waals surface area contributed by atoms with Crippen LogP contribution >= 0.6 is 0 Å². The van der Waals surface area contributed by atoms with Gasteiger partial charge in [-0.1, -0.05) is 26.0 Å². The van der Waals surface area contributed by atoms with Gasteiger partial charge < -0.3 is 21.5 Å². The van der Waals surface area contributed by atoms with E-state index in [9.17, 15) is 14.4 Å². The second-order valence-corrected chi connectivity index (χ2v) is 4.99. The summed E-state index contributed by atoms with van der Waals surface area (Å²) in [7, 11) is 0. The molecule has 7 nitrogen and oxygen atoms in total. The van der Waals surface area contributed by atoms with E-state index in [-0.39, 0.29) is 12.3 Å². The molecule has 114 valence electrons. The molecular weight excluding hydrogens is 274 g/mol. The van der Waals surface area contributed by atoms with E-state index < -0.39 is 23.9 Å². The van der Waals surface area contributed by atoms with Crippen LogP contribution < -0.4 is 16.4 Å². The molecule has 0 aromatic heterocycles. The lowest BCUT2D eigenvalue weighted by molar-refractivity contribution is -0.136. The maximum atomic E-state index is 11.8. The number of hydrogen-bond donors (Lipinski definition) is 4. The maximum absolute atomic E-state index is 11.8. The van der Waals surface area contributed by atoms with Crippen molar-refractivity contribution in [2.24, 2.45) is 11.7 Å². The molecule has 21 heavy (non-hydrogen) atoms. The van der Waals surface area contributed by atoms with E-state index in [1.165, 1.54) is 0 Å². The Balaban J connectivity index is 2.70. The Morgan fingerprint density at radius 3 is 2.48 bits per heavy atom. The fraction of sp³-hybridized carbons (Fsp3) is 0.357. The lowest BCUT2D eigenvalue weighted by atomic mass is 10.0. The van der Waals surface area contributed by atoms with Crippen LogP contribution in [0.3, 0.4) is 0 Å². The Morgan fingerprint density at radius 2 is 1.95 bits per heavy atom. The number of rotatable bonds is 6. The number of aliphatic carboxylic acids is 1. The first-order chi connectivity index (χ1) is 9.79. The normalized spacial score (nSPS) is 11.8. The third-order valence-corrected chi connectivity index (χ3v) is 2.80. The van der Waals surface area contributed by atoms with Gasteiger partial charge in [-0.05, 0) is 23.6 Å². The number of carbonyl (C=O) groups is 3. The number of hydrogen-bond acceptors (Lipinski definition) is 3. The molecular formula is C14H19N3O4. The van der Waals surface area contributed by atoms with Crippen molar-refractivity contribution < 1.29 is 19.5 Å². The number of benzene rings is 1. The van der Waals surface area contributed by atoms with Gasteiger partial charge in [0.25, 0.3) is 0 Å². The lowest BCUT2D eigenvalue weighted by Gasteiger charge is -2.19. The van der Waals surface area contributed by atoms with Crippen LogP contribution in [0.5, 0.6) is 0 Å². The third kappa shape index (κ3) is 5.52. The van der Waals surface area contributed by atoms with Crippen molar-refractivity contribution in [1.82, 2.24) is 5.32 Å². The molecule has 0 heterocycles. The zero-order chi connectivity index (χ0) is 16.0. The maximum Gasteiger partial charge on any atom is 0.319 e. The monoisotopic (exact) mass is 293 g/mol. The molecule has 1 aromatic rings. The minimum Gasteiger partial charge on any atom is -0.481 e. The molecule has 0 aliphatic rings. The van der Waals surface area contributed by atoms with Crippen molar-refractivity contribution in [2.75, 3.05) is 5.32 Å². The molecule has 1 unspecified atom stereocenters. The van der Waals surface area contributed by atoms with Gasteiger partial charge in [0.1, 0.15) is 6.04 Å². The summed E-state index contributed by atoms with van der Waals surface area (Å²) >= 11 is 0. The number of anilines is 1. The Labute approximate surface area is 122 Å². The summed E-state index contributed by atoms with van der Waals surface area (Å²) in [5, 5.41) is 13.8. The lowest BCUT2D eigenvalue weighted by Crippen LogP contribution is -2.49. The molecule has 0 aliphatic heterocycles. The smallest absolute Gasteiger partial charge is 0.319 e. The van der Waals surface area contributed by atoms with Crippen LogP contribution in [0, 0.1) is 5.92 Å². The van der Waals surface area contributed by atoms with Gasteiger partial charge in [0, 0.05) is 5.69 Å². The van der Waals surface area contributed by atoms with E-state index in [1.807, 2.05) is 0 Å². The number of urea groups is 1. The highest BCUT2D eigenvalue weighted by molar-refractivity contribution is 5.93. The van der Waals surface area contributed by atoms with Crippen LogP contribution in [-0.4, -0.2) is 29.1 Å². The molecule has 7 heteroatoms. The third-order valence-electron chi connectivity index (χ3n) is 2.80. The molecule has 0 spiro atoms. The van der Waals surface area contributed by atoms with Crippen molar-refractivity contribution >= 4 is 23.6 Å². The number of amides is 3. The minimum absolute atomic E-state index is 0.132. The van der Waals surface area contributed by atoms with E-state index >= 15 is 0 Å². The summed E-state index contributed by atoms with van der Waals surface area (Å²) in [6, 6.07) is 5.13. The summed E-state index contributed by atoms with van der Waals surface area (Å²) in [6.45, 7) is 3.53. The fourth-order valence-corrected chi connectivity index (χ4v) is 1.81. The topological polar surface area (TPSA) is 122 Å². The number of primary amides is 1. The number of nitrogens with one attached hydrogen (secondary N) is 2. The van der Waals surface area contributed by atoms with Gasteiger partial charge in [-0.15, -0.1) is 0 Å². The summed E-state index contributed by atoms with van der Waals surface area (Å²) in [6.07, 6.45) is -0.132. The standard InChI is InChI=1S/C14H19N3O4/c1-8(2)12(13(15)20)17-14(21)16-10-5-3-4-9(6-10)7-11(18)19/h3-6,8,12H,7H2,1-2H3,(H2,15,20)(H,18,19)(H2,16,17,21). The number of carboxylic acids is 1. The Bertz CT molecular complexity index is 543. The molecule has 1 aromatic carbocycles. The van der Waals surface area contributed by atoms with Gasteiger partial charge in [-0.2, -0.15) is 0 Å². The van der Waals surface area contributed by atoms with E-state index in [4.69, 9.17) is 10.8 Å². The zero-order valence-electron chi connectivity index (χ0n) is 11.9. The van der Waals surface area contributed by atoms with Gasteiger partial charge in [0.2, 0.25) is 5.91 Å². The van der Waals surface area contributed by atoms with Crippen LogP contribution in [0.25, 0.3) is 0 Å². The summed E-state index contributed by atoms with van der Waals surface area (Å²) in [4.78, 5) is 33.7. The van der Waals surface area contributed by atoms with Crippen molar-refractivity contribution in [3.8, 4) is 0 Å². The first-order valence-corrected chi connectivity index (χ1v) is 6.47. The van der Waals surface area contributed by atoms with Gasteiger partial charge in [-0.3, -0.25) is 9.59 Å². The van der Waals surface area contributed by atoms with E-state index in [2.05, 4.69) is 10.6 Å². The highest BCUT2D eigenvalue weighted by atomic mass is 16.4. The number of carbonyl (C=O) groups excluding carboxylic acids is 2. The van der Waals surface area contributed by atoms with Gasteiger partial charge in [0.15, 0.2) is 0 Å². The van der Waals surface area contributed by atoms with Crippen molar-refractivity contribution in [3.63, 3.8) is 0 Å². The molecule has 3 amide bonds. The molecule has 0 saturated carbocycles. The van der Waals surface area contributed by atoms with Crippen LogP contribution in [0.4, 0.5) is 10.5 Å². The Hall–Kier alpha value is -2.57. The molecule has 1 atom stereocenters. The molecule has 1 rings (SSSR count). The molecule has 0 fully saturated rings. The van der Waals surface area contributed by atoms with Crippen LogP contribution in [0.2, 0.25) is 0 Å². The van der Waals surface area contributed by atoms with Crippen LogP contribution in [0.1, 0.15) is 19.4 Å². The molecule has 0 bridgehead atoms. The number of carboxylic acid groups (broad SMARTS) is 1. The minimum atomic E-state index is -0.954. The van der Waals surface area contributed by atoms with E-state index in [0.717, 1.165) is 0 Å². The van der Waals surface area contributed by atoms with Gasteiger partial charge >= 0.3 is 12.0 Å². The van der Waals surface area contributed by atoms with E-state index in [1.54, 1.807) is 38.1 Å². The van der Waals surface area contributed by atoms with E-state index in [0.29, 0.717) is 11.3 Å². The van der Waals surface area contributed by atoms with Crippen molar-refractivity contribution in [2.45, 2.75) is 26.3 Å². The quantitative estimate of drug-likeness (QED) is 0.623. The molecule has 0 saturated heterocycles. The zero-order valence-corrected chi connectivity index (χ0v) is 11.9. The van der Waals surface area contributed by atoms with Gasteiger partial charge in [-0.25, -0.2) is 4.79 Å². The average molecular weight is 293 g/mol. The largest absolute Gasteiger partial charge is 0.481 e. The Kier molecular flexibility index (Phi) is 5.71. The molecule has 0 aliphatic carbocycles. The first-order valence-electron chi connectivity index (χ1n) is 6.47. The fourth-order valence-electron chi connectivity index (χ4n) is 1.81.